The molecule has 0 unspecified atom stereocenters. The van der Waals surface area contributed by atoms with Crippen molar-refractivity contribution in [1.29, 1.82) is 0 Å². The second kappa shape index (κ2) is 9.03. The quantitative estimate of drug-likeness (QED) is 0.370. The molecule has 5 aromatic rings. The second-order valence-corrected chi connectivity index (χ2v) is 11.1. The topological polar surface area (TPSA) is 95.8 Å². The molecule has 1 N–H and O–H groups in total. The van der Waals surface area contributed by atoms with Gasteiger partial charge in [0.05, 0.1) is 51.0 Å². The number of aromatic nitrogens is 7. The summed E-state index contributed by atoms with van der Waals surface area (Å²) in [6.07, 6.45) is 3.83. The van der Waals surface area contributed by atoms with Crippen LogP contribution in [0.15, 0.2) is 36.5 Å². The van der Waals surface area contributed by atoms with Crippen molar-refractivity contribution in [2.45, 2.75) is 52.2 Å². The van der Waals surface area contributed by atoms with E-state index in [0.29, 0.717) is 5.92 Å². The number of aryl methyl sites for hydroxylation is 4. The Bertz CT molecular complexity index is 1630. The van der Waals surface area contributed by atoms with E-state index in [4.69, 9.17) is 14.8 Å². The first-order valence-electron chi connectivity index (χ1n) is 13.2. The van der Waals surface area contributed by atoms with E-state index in [1.54, 1.807) is 4.68 Å². The SMILES string of the molecule is Cc1cc([C@H](C2CCOCC2)n2c3cc(C(C)(C)O)ccc3c3ncc(-c4c(C)nnn4C)cc32)n(C)n1. The molecule has 1 aliphatic rings. The summed E-state index contributed by atoms with van der Waals surface area (Å²) >= 11 is 0. The summed E-state index contributed by atoms with van der Waals surface area (Å²) in [5, 5.41) is 25.2. The molecule has 0 radical (unpaired) electrons. The van der Waals surface area contributed by atoms with Crippen molar-refractivity contribution < 1.29 is 9.84 Å². The Hall–Kier alpha value is -3.56. The van der Waals surface area contributed by atoms with E-state index in [1.165, 1.54) is 0 Å². The van der Waals surface area contributed by atoms with Gasteiger partial charge in [0, 0.05) is 44.5 Å². The molecule has 1 aromatic carbocycles. The van der Waals surface area contributed by atoms with E-state index in [9.17, 15) is 5.11 Å². The van der Waals surface area contributed by atoms with Crippen LogP contribution in [0.5, 0.6) is 0 Å². The Kier molecular flexibility index (Phi) is 5.88. The molecule has 9 nitrogen and oxygen atoms in total. The lowest BCUT2D eigenvalue weighted by Crippen LogP contribution is -2.28. The van der Waals surface area contributed by atoms with Gasteiger partial charge in [0.15, 0.2) is 0 Å². The van der Waals surface area contributed by atoms with Gasteiger partial charge in [-0.3, -0.25) is 9.67 Å². The minimum Gasteiger partial charge on any atom is -0.386 e. The summed E-state index contributed by atoms with van der Waals surface area (Å²) in [7, 11) is 3.94. The summed E-state index contributed by atoms with van der Waals surface area (Å²) in [6, 6.07) is 10.7. The molecule has 1 fully saturated rings. The van der Waals surface area contributed by atoms with Crippen LogP contribution in [0.3, 0.4) is 0 Å². The van der Waals surface area contributed by atoms with Crippen molar-refractivity contribution in [3.05, 3.63) is 59.2 Å². The van der Waals surface area contributed by atoms with E-state index in [-0.39, 0.29) is 6.04 Å². The molecule has 198 valence electrons. The number of pyridine rings is 1. The highest BCUT2D eigenvalue weighted by Crippen LogP contribution is 2.42. The first kappa shape index (κ1) is 24.8. The van der Waals surface area contributed by atoms with Gasteiger partial charge < -0.3 is 14.4 Å². The zero-order valence-electron chi connectivity index (χ0n) is 22.9. The largest absolute Gasteiger partial charge is 0.386 e. The molecule has 1 saturated heterocycles. The molecule has 0 saturated carbocycles. The van der Waals surface area contributed by atoms with Crippen molar-refractivity contribution in [3.8, 4) is 11.3 Å². The minimum atomic E-state index is -0.969. The number of nitrogens with zero attached hydrogens (tertiary/aromatic N) is 7. The number of hydrogen-bond acceptors (Lipinski definition) is 6. The van der Waals surface area contributed by atoms with E-state index < -0.39 is 5.60 Å². The highest BCUT2D eigenvalue weighted by atomic mass is 16.5. The van der Waals surface area contributed by atoms with Gasteiger partial charge >= 0.3 is 0 Å². The van der Waals surface area contributed by atoms with Gasteiger partial charge in [0.2, 0.25) is 0 Å². The third kappa shape index (κ3) is 4.01. The van der Waals surface area contributed by atoms with Crippen LogP contribution in [0.25, 0.3) is 33.2 Å². The molecule has 1 atom stereocenters. The number of benzene rings is 1. The van der Waals surface area contributed by atoms with Crippen molar-refractivity contribution >= 4 is 21.9 Å². The Balaban J connectivity index is 1.71. The molecule has 0 bridgehead atoms. The average molecular weight is 514 g/mol. The predicted molar refractivity (Wildman–Crippen MR) is 147 cm³/mol. The lowest BCUT2D eigenvalue weighted by molar-refractivity contribution is 0.0543. The molecule has 1 aliphatic heterocycles. The van der Waals surface area contributed by atoms with E-state index >= 15 is 0 Å². The summed E-state index contributed by atoms with van der Waals surface area (Å²) < 4.78 is 12.0. The third-order valence-electron chi connectivity index (χ3n) is 7.95. The third-order valence-corrected chi connectivity index (χ3v) is 7.95. The Morgan fingerprint density at radius 1 is 1.03 bits per heavy atom. The Morgan fingerprint density at radius 3 is 2.42 bits per heavy atom. The molecule has 38 heavy (non-hydrogen) atoms. The van der Waals surface area contributed by atoms with Crippen LogP contribution >= 0.6 is 0 Å². The molecule has 9 heteroatoms. The molecule has 0 amide bonds. The summed E-state index contributed by atoms with van der Waals surface area (Å²) in [4.78, 5) is 5.01. The first-order valence-corrected chi connectivity index (χ1v) is 13.2. The number of aliphatic hydroxyl groups is 1. The number of rotatable bonds is 5. The highest BCUT2D eigenvalue weighted by Gasteiger charge is 2.33. The van der Waals surface area contributed by atoms with E-state index in [0.717, 1.165) is 81.9 Å². The maximum Gasteiger partial charge on any atom is 0.0960 e. The van der Waals surface area contributed by atoms with Gasteiger partial charge in [0.25, 0.3) is 0 Å². The molecular weight excluding hydrogens is 478 g/mol. The maximum absolute atomic E-state index is 10.9. The number of fused-ring (bicyclic) bond motifs is 3. The van der Waals surface area contributed by atoms with Crippen LogP contribution in [-0.4, -0.2) is 52.6 Å². The summed E-state index contributed by atoms with van der Waals surface area (Å²) in [5.74, 6) is 0.354. The predicted octanol–water partition coefficient (Wildman–Crippen LogP) is 4.58. The fourth-order valence-electron chi connectivity index (χ4n) is 6.09. The molecule has 4 aromatic heterocycles. The first-order chi connectivity index (χ1) is 18.1. The summed E-state index contributed by atoms with van der Waals surface area (Å²) in [6.45, 7) is 9.16. The average Bonchev–Trinajstić information content (AvgIpc) is 3.51. The van der Waals surface area contributed by atoms with Crippen molar-refractivity contribution in [2.24, 2.45) is 20.0 Å². The number of hydrogen-bond donors (Lipinski definition) is 1. The van der Waals surface area contributed by atoms with E-state index in [2.05, 4.69) is 39.1 Å². The normalized spacial score (nSPS) is 16.1. The van der Waals surface area contributed by atoms with Gasteiger partial charge in [-0.25, -0.2) is 4.68 Å². The fourth-order valence-corrected chi connectivity index (χ4v) is 6.09. The van der Waals surface area contributed by atoms with Gasteiger partial charge in [-0.1, -0.05) is 17.3 Å². The molecule has 0 aliphatic carbocycles. The Morgan fingerprint density at radius 2 is 1.79 bits per heavy atom. The van der Waals surface area contributed by atoms with Crippen LogP contribution in [-0.2, 0) is 24.4 Å². The van der Waals surface area contributed by atoms with Gasteiger partial charge in [-0.2, -0.15) is 5.10 Å². The lowest BCUT2D eigenvalue weighted by atomic mass is 9.88. The molecular formula is C29H35N7O2. The molecule has 6 rings (SSSR count). The zero-order valence-corrected chi connectivity index (χ0v) is 22.9. The van der Waals surface area contributed by atoms with Crippen molar-refractivity contribution in [1.82, 2.24) is 34.3 Å². The van der Waals surface area contributed by atoms with Crippen LogP contribution in [0, 0.1) is 19.8 Å². The molecule has 5 heterocycles. The fraction of sp³-hybridized carbons (Fsp3) is 0.448. The van der Waals surface area contributed by atoms with Gasteiger partial charge in [-0.05, 0) is 70.2 Å². The summed E-state index contributed by atoms with van der Waals surface area (Å²) in [5.41, 5.74) is 7.88. The van der Waals surface area contributed by atoms with Crippen LogP contribution in [0.1, 0.15) is 55.4 Å². The van der Waals surface area contributed by atoms with Gasteiger partial charge in [0.1, 0.15) is 0 Å². The highest BCUT2D eigenvalue weighted by molar-refractivity contribution is 6.07. The van der Waals surface area contributed by atoms with Crippen LogP contribution in [0.4, 0.5) is 0 Å². The zero-order chi connectivity index (χ0) is 26.8. The molecule has 0 spiro atoms. The Labute approximate surface area is 222 Å². The second-order valence-electron chi connectivity index (χ2n) is 11.1. The van der Waals surface area contributed by atoms with Crippen LogP contribution in [0.2, 0.25) is 0 Å². The van der Waals surface area contributed by atoms with Crippen molar-refractivity contribution in [2.75, 3.05) is 13.2 Å². The number of ether oxygens (including phenoxy) is 1. The van der Waals surface area contributed by atoms with Gasteiger partial charge in [-0.15, -0.1) is 5.10 Å². The minimum absolute atomic E-state index is 0.0185. The lowest BCUT2D eigenvalue weighted by Gasteiger charge is -2.33. The maximum atomic E-state index is 10.9. The standard InChI is InChI=1S/C29H35N7O2/c1-17-13-25(34(5)32-17)28(19-9-11-38-12-10-19)36-23-15-21(29(3,4)37)7-8-22(23)26-24(36)14-20(16-30-26)27-18(2)31-33-35(27)6/h7-8,13-16,19,28,37H,9-12H2,1-6H3/t28-/m0/s1. The van der Waals surface area contributed by atoms with E-state index in [1.807, 2.05) is 58.7 Å². The van der Waals surface area contributed by atoms with Crippen LogP contribution < -0.4 is 0 Å². The van der Waals surface area contributed by atoms with Crippen molar-refractivity contribution in [3.63, 3.8) is 0 Å². The monoisotopic (exact) mass is 513 g/mol. The smallest absolute Gasteiger partial charge is 0.0960 e.